The first kappa shape index (κ1) is 20.3. The van der Waals surface area contributed by atoms with Crippen LogP contribution in [0, 0.1) is 5.41 Å². The molecule has 27 heavy (non-hydrogen) atoms. The van der Waals surface area contributed by atoms with Crippen molar-refractivity contribution < 1.29 is 4.52 Å². The summed E-state index contributed by atoms with van der Waals surface area (Å²) in [6.07, 6.45) is 9.66. The Labute approximate surface area is 167 Å². The quantitative estimate of drug-likeness (QED) is 0.742. The fourth-order valence-corrected chi connectivity index (χ4v) is 4.39. The third-order valence-corrected chi connectivity index (χ3v) is 5.99. The lowest BCUT2D eigenvalue weighted by Gasteiger charge is -2.28. The molecule has 0 amide bonds. The van der Waals surface area contributed by atoms with Gasteiger partial charge in [-0.3, -0.25) is 4.90 Å². The van der Waals surface area contributed by atoms with Crippen molar-refractivity contribution in [3.63, 3.8) is 0 Å². The number of halogens is 1. The van der Waals surface area contributed by atoms with E-state index in [0.717, 1.165) is 63.1 Å². The van der Waals surface area contributed by atoms with E-state index in [4.69, 9.17) is 4.52 Å². The molecule has 2 aromatic heterocycles. The number of aromatic nitrogens is 4. The van der Waals surface area contributed by atoms with Gasteiger partial charge in [0.2, 0.25) is 5.89 Å². The van der Waals surface area contributed by atoms with Gasteiger partial charge in [-0.15, -0.1) is 12.4 Å². The second kappa shape index (κ2) is 8.71. The molecule has 3 heterocycles. The van der Waals surface area contributed by atoms with Crippen LogP contribution in [0.3, 0.4) is 0 Å². The number of hydrogen-bond donors (Lipinski definition) is 1. The minimum Gasteiger partial charge on any atom is -0.339 e. The molecule has 2 aromatic rings. The molecule has 7 nitrogen and oxygen atoms in total. The van der Waals surface area contributed by atoms with Crippen LogP contribution in [0.25, 0.3) is 0 Å². The Balaban J connectivity index is 0.00000210. The Morgan fingerprint density at radius 3 is 2.85 bits per heavy atom. The maximum atomic E-state index is 5.40. The van der Waals surface area contributed by atoms with Crippen LogP contribution in [-0.2, 0) is 26.1 Å². The van der Waals surface area contributed by atoms with Crippen LogP contribution in [0.2, 0.25) is 0 Å². The lowest BCUT2D eigenvalue weighted by molar-refractivity contribution is 0.176. The Morgan fingerprint density at radius 1 is 1.30 bits per heavy atom. The summed E-state index contributed by atoms with van der Waals surface area (Å²) in [4.78, 5) is 11.7. The average Bonchev–Trinajstić information content (AvgIpc) is 3.01. The highest BCUT2D eigenvalue weighted by Gasteiger charge is 2.56. The summed E-state index contributed by atoms with van der Waals surface area (Å²) < 4.78 is 7.63. The third kappa shape index (κ3) is 4.36. The average molecular weight is 395 g/mol. The molecule has 8 heteroatoms. The van der Waals surface area contributed by atoms with Crippen molar-refractivity contribution in [3.05, 3.63) is 29.9 Å². The standard InChI is InChI=1S/C19H30N6O.ClH/c1-3-5-18-22-16(23-26-18)13-25(14-17-21-10-11-24(17)4-2)15-12-19(15)6-8-20-9-7-19;/h10-11,15,20H,3-9,12-14H2,1-2H3;1H. The summed E-state index contributed by atoms with van der Waals surface area (Å²) in [5, 5.41) is 7.72. The molecule has 150 valence electrons. The molecule has 1 saturated heterocycles. The molecule has 1 N–H and O–H groups in total. The van der Waals surface area contributed by atoms with Gasteiger partial charge in [0.05, 0.1) is 13.1 Å². The SMILES string of the molecule is CCCc1nc(CN(Cc2nccn2CC)C2CC23CCNCC3)no1.Cl. The van der Waals surface area contributed by atoms with Crippen LogP contribution in [0.15, 0.2) is 16.9 Å². The van der Waals surface area contributed by atoms with Crippen molar-refractivity contribution in [1.29, 1.82) is 0 Å². The summed E-state index contributed by atoms with van der Waals surface area (Å²) in [7, 11) is 0. The first-order valence-electron chi connectivity index (χ1n) is 10.0. The minimum absolute atomic E-state index is 0. The molecule has 1 aliphatic heterocycles. The summed E-state index contributed by atoms with van der Waals surface area (Å²) in [6.45, 7) is 9.10. The van der Waals surface area contributed by atoms with Crippen molar-refractivity contribution in [2.75, 3.05) is 13.1 Å². The molecule has 2 fully saturated rings. The van der Waals surface area contributed by atoms with E-state index < -0.39 is 0 Å². The van der Waals surface area contributed by atoms with E-state index in [1.807, 2.05) is 6.20 Å². The smallest absolute Gasteiger partial charge is 0.226 e. The van der Waals surface area contributed by atoms with Crippen LogP contribution in [0.4, 0.5) is 0 Å². The first-order valence-corrected chi connectivity index (χ1v) is 10.0. The van der Waals surface area contributed by atoms with Gasteiger partial charge in [0, 0.05) is 31.4 Å². The van der Waals surface area contributed by atoms with Gasteiger partial charge in [-0.25, -0.2) is 4.98 Å². The molecule has 4 rings (SSSR count). The van der Waals surface area contributed by atoms with Crippen LogP contribution < -0.4 is 5.32 Å². The monoisotopic (exact) mass is 394 g/mol. The Hall–Kier alpha value is -1.44. The van der Waals surface area contributed by atoms with Crippen LogP contribution >= 0.6 is 12.4 Å². The highest BCUT2D eigenvalue weighted by molar-refractivity contribution is 5.85. The van der Waals surface area contributed by atoms with Crippen molar-refractivity contribution in [2.45, 2.75) is 71.6 Å². The Kier molecular flexibility index (Phi) is 6.55. The second-order valence-electron chi connectivity index (χ2n) is 7.72. The van der Waals surface area contributed by atoms with E-state index in [9.17, 15) is 0 Å². The fourth-order valence-electron chi connectivity index (χ4n) is 4.39. The molecule has 1 unspecified atom stereocenters. The Morgan fingerprint density at radius 2 is 2.11 bits per heavy atom. The number of aryl methyl sites for hydroxylation is 2. The van der Waals surface area contributed by atoms with Crippen LogP contribution in [-0.4, -0.2) is 43.7 Å². The fraction of sp³-hybridized carbons (Fsp3) is 0.737. The van der Waals surface area contributed by atoms with Crippen molar-refractivity contribution in [3.8, 4) is 0 Å². The van der Waals surface area contributed by atoms with Gasteiger partial charge >= 0.3 is 0 Å². The van der Waals surface area contributed by atoms with Crippen molar-refractivity contribution >= 4 is 12.4 Å². The zero-order valence-electron chi connectivity index (χ0n) is 16.4. The van der Waals surface area contributed by atoms with Gasteiger partial charge in [0.15, 0.2) is 5.82 Å². The molecule has 1 aliphatic carbocycles. The number of hydrogen-bond acceptors (Lipinski definition) is 6. The normalized spacial score (nSPS) is 20.8. The van der Waals surface area contributed by atoms with Gasteiger partial charge in [0.25, 0.3) is 0 Å². The van der Waals surface area contributed by atoms with Gasteiger partial charge in [-0.2, -0.15) is 4.98 Å². The Bertz CT molecular complexity index is 723. The van der Waals surface area contributed by atoms with Gasteiger partial charge < -0.3 is 14.4 Å². The van der Waals surface area contributed by atoms with E-state index in [2.05, 4.69) is 50.0 Å². The zero-order valence-corrected chi connectivity index (χ0v) is 17.2. The van der Waals surface area contributed by atoms with E-state index in [0.29, 0.717) is 11.5 Å². The predicted molar refractivity (Wildman–Crippen MR) is 106 cm³/mol. The summed E-state index contributed by atoms with van der Waals surface area (Å²) in [6, 6.07) is 0.597. The van der Waals surface area contributed by atoms with Gasteiger partial charge in [-0.05, 0) is 51.1 Å². The van der Waals surface area contributed by atoms with Gasteiger partial charge in [-0.1, -0.05) is 12.1 Å². The van der Waals surface area contributed by atoms with Crippen LogP contribution in [0.1, 0.15) is 57.1 Å². The molecule has 1 spiro atoms. The largest absolute Gasteiger partial charge is 0.339 e. The highest BCUT2D eigenvalue weighted by Crippen LogP contribution is 2.56. The van der Waals surface area contributed by atoms with Crippen molar-refractivity contribution in [1.82, 2.24) is 29.9 Å². The molecule has 2 aliphatic rings. The minimum atomic E-state index is 0. The van der Waals surface area contributed by atoms with Crippen LogP contribution in [0.5, 0.6) is 0 Å². The predicted octanol–water partition coefficient (Wildman–Crippen LogP) is 2.80. The molecular formula is C19H31ClN6O. The zero-order chi connectivity index (χ0) is 18.0. The molecule has 0 radical (unpaired) electrons. The van der Waals surface area contributed by atoms with E-state index >= 15 is 0 Å². The molecule has 1 atom stereocenters. The lowest BCUT2D eigenvalue weighted by atomic mass is 9.93. The van der Waals surface area contributed by atoms with Crippen molar-refractivity contribution in [2.24, 2.45) is 5.41 Å². The number of nitrogens with zero attached hydrogens (tertiary/aromatic N) is 5. The highest BCUT2D eigenvalue weighted by atomic mass is 35.5. The summed E-state index contributed by atoms with van der Waals surface area (Å²) in [5.41, 5.74) is 0.477. The summed E-state index contributed by atoms with van der Waals surface area (Å²) >= 11 is 0. The van der Waals surface area contributed by atoms with Gasteiger partial charge in [0.1, 0.15) is 5.82 Å². The van der Waals surface area contributed by atoms with E-state index in [1.54, 1.807) is 0 Å². The third-order valence-electron chi connectivity index (χ3n) is 5.99. The molecular weight excluding hydrogens is 364 g/mol. The number of imidazole rings is 1. The molecule has 0 aromatic carbocycles. The maximum Gasteiger partial charge on any atom is 0.226 e. The molecule has 0 bridgehead atoms. The number of rotatable bonds is 8. The van der Waals surface area contributed by atoms with E-state index in [1.165, 1.54) is 19.3 Å². The topological polar surface area (TPSA) is 72.0 Å². The lowest BCUT2D eigenvalue weighted by Crippen LogP contribution is -2.36. The second-order valence-corrected chi connectivity index (χ2v) is 7.72. The number of piperidine rings is 1. The molecule has 1 saturated carbocycles. The maximum absolute atomic E-state index is 5.40. The van der Waals surface area contributed by atoms with E-state index in [-0.39, 0.29) is 12.4 Å². The first-order chi connectivity index (χ1) is 12.7. The summed E-state index contributed by atoms with van der Waals surface area (Å²) in [5.74, 6) is 2.68. The number of nitrogens with one attached hydrogen (secondary N) is 1.